The van der Waals surface area contributed by atoms with Crippen molar-refractivity contribution in [1.29, 1.82) is 0 Å². The predicted octanol–water partition coefficient (Wildman–Crippen LogP) is 3.13. The second kappa shape index (κ2) is 7.68. The molecule has 31 heavy (non-hydrogen) atoms. The van der Waals surface area contributed by atoms with E-state index >= 15 is 0 Å². The fourth-order valence-corrected chi connectivity index (χ4v) is 3.98. The summed E-state index contributed by atoms with van der Waals surface area (Å²) in [6, 6.07) is 15.6. The number of aromatic nitrogens is 1. The molecule has 1 N–H and O–H groups in total. The molecule has 154 valence electrons. The van der Waals surface area contributed by atoms with Gasteiger partial charge in [-0.3, -0.25) is 24.3 Å². The number of benzene rings is 2. The molecule has 0 saturated carbocycles. The molecule has 0 radical (unpaired) electrons. The maximum absolute atomic E-state index is 12.9. The lowest BCUT2D eigenvalue weighted by atomic mass is 9.99. The molecule has 3 aromatic rings. The number of carbonyl (C=O) groups excluding carboxylic acids is 3. The van der Waals surface area contributed by atoms with E-state index in [1.807, 2.05) is 24.3 Å². The van der Waals surface area contributed by atoms with E-state index in [9.17, 15) is 14.4 Å². The number of pyridine rings is 1. The Balaban J connectivity index is 1.36. The minimum absolute atomic E-state index is 0.162. The van der Waals surface area contributed by atoms with Gasteiger partial charge in [-0.1, -0.05) is 18.2 Å². The quantitative estimate of drug-likeness (QED) is 0.664. The normalized spacial score (nSPS) is 17.0. The molecule has 7 nitrogen and oxygen atoms in total. The Hall–Kier alpha value is -4.00. The summed E-state index contributed by atoms with van der Waals surface area (Å²) in [6.07, 6.45) is 3.89. The molecule has 7 heteroatoms. The van der Waals surface area contributed by atoms with E-state index in [1.54, 1.807) is 36.7 Å². The summed E-state index contributed by atoms with van der Waals surface area (Å²) in [5, 5.41) is 3.02. The van der Waals surface area contributed by atoms with Gasteiger partial charge < -0.3 is 10.1 Å². The zero-order valence-corrected chi connectivity index (χ0v) is 16.6. The van der Waals surface area contributed by atoms with Gasteiger partial charge in [0.1, 0.15) is 5.75 Å². The van der Waals surface area contributed by atoms with Gasteiger partial charge >= 0.3 is 0 Å². The number of amides is 3. The first-order chi connectivity index (χ1) is 15.1. The standard InChI is InChI=1S/C24H19N3O4/c28-22(26-20-9-12-31-21-4-2-1-3-18(20)21)16-5-6-17-19(13-16)24(30)27(23(17)29)14-15-7-10-25-11-8-15/h1-8,10-11,13,20H,9,12,14H2,(H,26,28)/t20-/m1/s1. The molecule has 3 amide bonds. The summed E-state index contributed by atoms with van der Waals surface area (Å²) >= 11 is 0. The van der Waals surface area contributed by atoms with Crippen LogP contribution >= 0.6 is 0 Å². The first-order valence-corrected chi connectivity index (χ1v) is 10.0. The third kappa shape index (κ3) is 3.44. The van der Waals surface area contributed by atoms with Crippen LogP contribution in [-0.4, -0.2) is 34.2 Å². The van der Waals surface area contributed by atoms with Crippen molar-refractivity contribution in [1.82, 2.24) is 15.2 Å². The van der Waals surface area contributed by atoms with Gasteiger partial charge in [0.15, 0.2) is 0 Å². The highest BCUT2D eigenvalue weighted by atomic mass is 16.5. The Morgan fingerprint density at radius 2 is 1.81 bits per heavy atom. The minimum Gasteiger partial charge on any atom is -0.493 e. The summed E-state index contributed by atoms with van der Waals surface area (Å²) in [4.78, 5) is 43.7. The molecule has 1 aromatic heterocycles. The summed E-state index contributed by atoms with van der Waals surface area (Å²) in [5.41, 5.74) is 2.64. The zero-order chi connectivity index (χ0) is 21.4. The van der Waals surface area contributed by atoms with Crippen molar-refractivity contribution in [3.63, 3.8) is 0 Å². The van der Waals surface area contributed by atoms with Gasteiger partial charge in [-0.05, 0) is 42.0 Å². The highest BCUT2D eigenvalue weighted by molar-refractivity contribution is 6.22. The Morgan fingerprint density at radius 3 is 2.65 bits per heavy atom. The van der Waals surface area contributed by atoms with E-state index < -0.39 is 5.91 Å². The zero-order valence-electron chi connectivity index (χ0n) is 16.6. The molecular formula is C24H19N3O4. The molecular weight excluding hydrogens is 394 g/mol. The molecule has 0 aliphatic carbocycles. The van der Waals surface area contributed by atoms with Crippen LogP contribution in [0.25, 0.3) is 0 Å². The Labute approximate surface area is 178 Å². The van der Waals surface area contributed by atoms with Gasteiger partial charge in [0.25, 0.3) is 17.7 Å². The van der Waals surface area contributed by atoms with Crippen molar-refractivity contribution in [3.8, 4) is 5.75 Å². The number of nitrogens with zero attached hydrogens (tertiary/aromatic N) is 2. The summed E-state index contributed by atoms with van der Waals surface area (Å²) < 4.78 is 5.65. The van der Waals surface area contributed by atoms with E-state index in [2.05, 4.69) is 10.3 Å². The number of rotatable bonds is 4. The SMILES string of the molecule is O=C(N[C@@H]1CCOc2ccccc21)c1ccc2c(c1)C(=O)N(Cc1ccncc1)C2=O. The van der Waals surface area contributed by atoms with Crippen LogP contribution in [0.1, 0.15) is 54.7 Å². The van der Waals surface area contributed by atoms with Gasteiger partial charge in [0.05, 0.1) is 30.3 Å². The number of hydrogen-bond donors (Lipinski definition) is 1. The Bertz CT molecular complexity index is 1190. The monoisotopic (exact) mass is 413 g/mol. The average Bonchev–Trinajstić information content (AvgIpc) is 3.04. The van der Waals surface area contributed by atoms with Crippen molar-refractivity contribution in [2.24, 2.45) is 0 Å². The van der Waals surface area contributed by atoms with Crippen molar-refractivity contribution < 1.29 is 19.1 Å². The van der Waals surface area contributed by atoms with Gasteiger partial charge in [0, 0.05) is 29.9 Å². The maximum atomic E-state index is 12.9. The predicted molar refractivity (Wildman–Crippen MR) is 112 cm³/mol. The van der Waals surface area contributed by atoms with Gasteiger partial charge in [-0.2, -0.15) is 0 Å². The van der Waals surface area contributed by atoms with Crippen molar-refractivity contribution in [2.45, 2.75) is 19.0 Å². The van der Waals surface area contributed by atoms with Crippen LogP contribution in [-0.2, 0) is 6.54 Å². The number of carbonyl (C=O) groups is 3. The number of fused-ring (bicyclic) bond motifs is 2. The lowest BCUT2D eigenvalue weighted by molar-refractivity contribution is 0.0642. The lowest BCUT2D eigenvalue weighted by Gasteiger charge is -2.26. The Morgan fingerprint density at radius 1 is 1.03 bits per heavy atom. The number of nitrogens with one attached hydrogen (secondary N) is 1. The molecule has 2 aromatic carbocycles. The third-order valence-electron chi connectivity index (χ3n) is 5.59. The summed E-state index contributed by atoms with van der Waals surface area (Å²) in [7, 11) is 0. The fraction of sp³-hybridized carbons (Fsp3) is 0.167. The van der Waals surface area contributed by atoms with Crippen LogP contribution < -0.4 is 10.1 Å². The number of imide groups is 1. The maximum Gasteiger partial charge on any atom is 0.261 e. The second-order valence-corrected chi connectivity index (χ2v) is 7.51. The Kier molecular flexibility index (Phi) is 4.71. The van der Waals surface area contributed by atoms with E-state index in [1.165, 1.54) is 11.0 Å². The second-order valence-electron chi connectivity index (χ2n) is 7.51. The molecule has 3 heterocycles. The largest absolute Gasteiger partial charge is 0.493 e. The van der Waals surface area contributed by atoms with E-state index in [0.29, 0.717) is 24.2 Å². The van der Waals surface area contributed by atoms with Crippen LogP contribution in [0.5, 0.6) is 5.75 Å². The molecule has 2 aliphatic heterocycles. The number of hydrogen-bond acceptors (Lipinski definition) is 5. The number of ether oxygens (including phenoxy) is 1. The molecule has 1 atom stereocenters. The highest BCUT2D eigenvalue weighted by Crippen LogP contribution is 2.32. The smallest absolute Gasteiger partial charge is 0.261 e. The molecule has 0 unspecified atom stereocenters. The molecule has 2 aliphatic rings. The molecule has 0 spiro atoms. The van der Waals surface area contributed by atoms with Crippen LogP contribution in [0.15, 0.2) is 67.0 Å². The first kappa shape index (κ1) is 19.0. The van der Waals surface area contributed by atoms with Gasteiger partial charge in [-0.25, -0.2) is 0 Å². The molecule has 0 fully saturated rings. The fourth-order valence-electron chi connectivity index (χ4n) is 3.98. The lowest BCUT2D eigenvalue weighted by Crippen LogP contribution is -2.32. The van der Waals surface area contributed by atoms with Crippen LogP contribution in [0, 0.1) is 0 Å². The van der Waals surface area contributed by atoms with E-state index in [4.69, 9.17) is 4.74 Å². The van der Waals surface area contributed by atoms with Crippen molar-refractivity contribution in [2.75, 3.05) is 6.61 Å². The van der Waals surface area contributed by atoms with E-state index in [-0.39, 0.29) is 30.0 Å². The summed E-state index contributed by atoms with van der Waals surface area (Å²) in [5.74, 6) is -0.289. The molecule has 0 bridgehead atoms. The molecule has 5 rings (SSSR count). The minimum atomic E-state index is -0.400. The van der Waals surface area contributed by atoms with Crippen LogP contribution in [0.3, 0.4) is 0 Å². The van der Waals surface area contributed by atoms with Crippen molar-refractivity contribution in [3.05, 3.63) is 94.8 Å². The third-order valence-corrected chi connectivity index (χ3v) is 5.59. The first-order valence-electron chi connectivity index (χ1n) is 10.0. The van der Waals surface area contributed by atoms with Crippen molar-refractivity contribution >= 4 is 17.7 Å². The highest BCUT2D eigenvalue weighted by Gasteiger charge is 2.36. The van der Waals surface area contributed by atoms with E-state index in [0.717, 1.165) is 16.9 Å². The van der Waals surface area contributed by atoms with Crippen LogP contribution in [0.2, 0.25) is 0 Å². The molecule has 0 saturated heterocycles. The topological polar surface area (TPSA) is 88.6 Å². The average molecular weight is 413 g/mol. The van der Waals surface area contributed by atoms with Crippen LogP contribution in [0.4, 0.5) is 0 Å². The van der Waals surface area contributed by atoms with Gasteiger partial charge in [-0.15, -0.1) is 0 Å². The number of para-hydroxylation sites is 1. The summed E-state index contributed by atoms with van der Waals surface area (Å²) in [6.45, 7) is 0.679. The van der Waals surface area contributed by atoms with Gasteiger partial charge in [0.2, 0.25) is 0 Å².